The van der Waals surface area contributed by atoms with Gasteiger partial charge in [-0.05, 0) is 0 Å². The quantitative estimate of drug-likeness (QED) is 0.661. The van der Waals surface area contributed by atoms with E-state index in [-0.39, 0.29) is 15.7 Å². The Hall–Kier alpha value is -3.22. The van der Waals surface area contributed by atoms with Crippen molar-refractivity contribution in [1.29, 1.82) is 5.26 Å². The molecular formula is C20H12AsN2O3. The molecule has 2 aromatic carbocycles. The second kappa shape index (κ2) is 7.77. The van der Waals surface area contributed by atoms with Gasteiger partial charge >= 0.3 is 156 Å². The van der Waals surface area contributed by atoms with Gasteiger partial charge in [0.25, 0.3) is 0 Å². The van der Waals surface area contributed by atoms with E-state index in [1.807, 2.05) is 36.4 Å². The fourth-order valence-electron chi connectivity index (χ4n) is 2.39. The molecule has 0 amide bonds. The Bertz CT molecular complexity index is 1030. The summed E-state index contributed by atoms with van der Waals surface area (Å²) in [6, 6.07) is 17.7. The van der Waals surface area contributed by atoms with Crippen LogP contribution in [0.1, 0.15) is 26.3 Å². The molecule has 0 aliphatic carbocycles. The molecule has 1 heterocycles. The SMILES string of the molecule is N#Cc1ccc([As]C(=O)c2cncc(-c3ccccc3)c2)c(C(=O)O)c1. The number of carboxylic acid groups (broad SMARTS) is 1. The second-order valence-corrected chi connectivity index (χ2v) is 7.73. The monoisotopic (exact) mass is 403 g/mol. The first-order chi connectivity index (χ1) is 12.6. The Balaban J connectivity index is 1.90. The van der Waals surface area contributed by atoms with Crippen LogP contribution >= 0.6 is 0 Å². The maximum absolute atomic E-state index is 12.7. The molecule has 6 heteroatoms. The van der Waals surface area contributed by atoms with E-state index in [9.17, 15) is 14.7 Å². The number of hydrogen-bond donors (Lipinski definition) is 1. The number of carbonyl (C=O) groups is 2. The molecule has 0 saturated carbocycles. The molecule has 1 aromatic heterocycles. The van der Waals surface area contributed by atoms with Crippen molar-refractivity contribution in [3.8, 4) is 17.2 Å². The van der Waals surface area contributed by atoms with E-state index in [1.54, 1.807) is 18.3 Å². The number of aromatic carboxylic acids is 1. The molecule has 5 nitrogen and oxygen atoms in total. The molecule has 1 N–H and O–H groups in total. The fraction of sp³-hybridized carbons (Fsp3) is 0. The number of nitrogens with zero attached hydrogens (tertiary/aromatic N) is 2. The Morgan fingerprint density at radius 2 is 1.77 bits per heavy atom. The standard InChI is InChI=1S/C20H12AsN2O3/c22-10-13-6-7-18(17(8-13)20(25)26)21-19(24)16-9-15(11-23-12-16)14-4-2-1-3-5-14/h1-9,11-12H,(H,25,26). The van der Waals surface area contributed by atoms with Crippen molar-refractivity contribution >= 4 is 30.6 Å². The van der Waals surface area contributed by atoms with E-state index in [0.717, 1.165) is 11.1 Å². The summed E-state index contributed by atoms with van der Waals surface area (Å²) in [5, 5.41) is 18.3. The Labute approximate surface area is 156 Å². The van der Waals surface area contributed by atoms with Crippen LogP contribution in [0, 0.1) is 11.3 Å². The Morgan fingerprint density at radius 1 is 1.00 bits per heavy atom. The first-order valence-electron chi connectivity index (χ1n) is 7.62. The van der Waals surface area contributed by atoms with Crippen LogP contribution in [-0.4, -0.2) is 36.4 Å². The number of nitriles is 1. The molecule has 0 saturated heterocycles. The summed E-state index contributed by atoms with van der Waals surface area (Å²) in [5.74, 6) is -1.14. The molecule has 125 valence electrons. The molecule has 3 aromatic rings. The average Bonchev–Trinajstić information content (AvgIpc) is 2.69. The van der Waals surface area contributed by atoms with E-state index < -0.39 is 21.7 Å². The minimum absolute atomic E-state index is 0.00423. The Kier molecular flexibility index (Phi) is 5.26. The van der Waals surface area contributed by atoms with E-state index in [4.69, 9.17) is 5.26 Å². The molecule has 0 aliphatic heterocycles. The van der Waals surface area contributed by atoms with Gasteiger partial charge in [-0.15, -0.1) is 0 Å². The summed E-state index contributed by atoms with van der Waals surface area (Å²) in [4.78, 5) is 28.2. The van der Waals surface area contributed by atoms with Gasteiger partial charge in [-0.1, -0.05) is 0 Å². The van der Waals surface area contributed by atoms with E-state index >= 15 is 0 Å². The van der Waals surface area contributed by atoms with Crippen molar-refractivity contribution in [3.05, 3.63) is 83.7 Å². The van der Waals surface area contributed by atoms with Crippen LogP contribution in [0.4, 0.5) is 0 Å². The number of benzene rings is 2. The van der Waals surface area contributed by atoms with Gasteiger partial charge in [-0.25, -0.2) is 0 Å². The molecule has 0 atom stereocenters. The molecule has 1 radical (unpaired) electrons. The summed E-state index contributed by atoms with van der Waals surface area (Å²) in [6.07, 6.45) is 3.18. The zero-order valence-electron chi connectivity index (χ0n) is 13.5. The van der Waals surface area contributed by atoms with Gasteiger partial charge in [-0.3, -0.25) is 0 Å². The number of pyridine rings is 1. The van der Waals surface area contributed by atoms with Crippen molar-refractivity contribution in [2.24, 2.45) is 0 Å². The van der Waals surface area contributed by atoms with Crippen LogP contribution in [-0.2, 0) is 0 Å². The third-order valence-electron chi connectivity index (χ3n) is 3.67. The van der Waals surface area contributed by atoms with Gasteiger partial charge in [0.15, 0.2) is 0 Å². The first kappa shape index (κ1) is 17.6. The number of aromatic nitrogens is 1. The number of rotatable bonds is 5. The molecule has 0 fully saturated rings. The predicted molar refractivity (Wildman–Crippen MR) is 97.5 cm³/mol. The minimum atomic E-state index is -1.14. The number of hydrogen-bond acceptors (Lipinski definition) is 4. The molecule has 0 unspecified atom stereocenters. The fourth-order valence-corrected chi connectivity index (χ4v) is 4.28. The number of carboxylic acids is 1. The third kappa shape index (κ3) is 3.88. The normalized spacial score (nSPS) is 10.6. The molecule has 3 rings (SSSR count). The van der Waals surface area contributed by atoms with E-state index in [2.05, 4.69) is 4.98 Å². The van der Waals surface area contributed by atoms with Gasteiger partial charge in [0.05, 0.1) is 0 Å². The van der Waals surface area contributed by atoms with Crippen molar-refractivity contribution in [2.45, 2.75) is 0 Å². The summed E-state index contributed by atoms with van der Waals surface area (Å²) in [6.45, 7) is 0. The maximum atomic E-state index is 12.7. The number of carbonyl (C=O) groups excluding carboxylic acids is 1. The molecular weight excluding hydrogens is 391 g/mol. The van der Waals surface area contributed by atoms with Crippen molar-refractivity contribution in [3.63, 3.8) is 0 Å². The van der Waals surface area contributed by atoms with Crippen LogP contribution in [0.2, 0.25) is 0 Å². The van der Waals surface area contributed by atoms with Crippen LogP contribution in [0.5, 0.6) is 0 Å². The van der Waals surface area contributed by atoms with E-state index in [0.29, 0.717) is 9.91 Å². The Morgan fingerprint density at radius 3 is 2.46 bits per heavy atom. The van der Waals surface area contributed by atoms with Crippen LogP contribution in [0.25, 0.3) is 11.1 Å². The molecule has 0 aliphatic rings. The van der Waals surface area contributed by atoms with Gasteiger partial charge in [0.2, 0.25) is 0 Å². The summed E-state index contributed by atoms with van der Waals surface area (Å²) in [7, 11) is 0. The average molecular weight is 403 g/mol. The van der Waals surface area contributed by atoms with Gasteiger partial charge < -0.3 is 0 Å². The second-order valence-electron chi connectivity index (χ2n) is 5.39. The summed E-state index contributed by atoms with van der Waals surface area (Å²) >= 11 is -1.07. The summed E-state index contributed by atoms with van der Waals surface area (Å²) in [5.41, 5.74) is 2.50. The van der Waals surface area contributed by atoms with E-state index in [1.165, 1.54) is 18.3 Å². The van der Waals surface area contributed by atoms with Gasteiger partial charge in [0, 0.05) is 0 Å². The predicted octanol–water partition coefficient (Wildman–Crippen LogP) is 2.49. The van der Waals surface area contributed by atoms with Crippen molar-refractivity contribution in [1.82, 2.24) is 4.98 Å². The van der Waals surface area contributed by atoms with Gasteiger partial charge in [0.1, 0.15) is 0 Å². The van der Waals surface area contributed by atoms with Gasteiger partial charge in [-0.2, -0.15) is 0 Å². The molecule has 26 heavy (non-hydrogen) atoms. The first-order valence-corrected chi connectivity index (χ1v) is 9.50. The zero-order chi connectivity index (χ0) is 18.5. The third-order valence-corrected chi connectivity index (χ3v) is 5.96. The zero-order valence-corrected chi connectivity index (χ0v) is 15.3. The van der Waals surface area contributed by atoms with Crippen molar-refractivity contribution < 1.29 is 14.7 Å². The van der Waals surface area contributed by atoms with Crippen LogP contribution < -0.4 is 4.35 Å². The molecule has 0 spiro atoms. The topological polar surface area (TPSA) is 91.0 Å². The molecule has 0 bridgehead atoms. The summed E-state index contributed by atoms with van der Waals surface area (Å²) < 4.78 is 0.321. The van der Waals surface area contributed by atoms with Crippen molar-refractivity contribution in [2.75, 3.05) is 0 Å². The van der Waals surface area contributed by atoms with Crippen LogP contribution in [0.3, 0.4) is 0 Å². The van der Waals surface area contributed by atoms with Crippen LogP contribution in [0.15, 0.2) is 67.0 Å².